The number of ketones is 1. The highest BCUT2D eigenvalue weighted by Crippen LogP contribution is 2.37. The molecule has 0 aromatic rings. The lowest BCUT2D eigenvalue weighted by Gasteiger charge is -2.32. The Labute approximate surface area is 97.5 Å². The summed E-state index contributed by atoms with van der Waals surface area (Å²) in [7, 11) is 0. The van der Waals surface area contributed by atoms with Crippen LogP contribution in [0.5, 0.6) is 0 Å². The van der Waals surface area contributed by atoms with Gasteiger partial charge in [-0.2, -0.15) is 0 Å². The quantitative estimate of drug-likeness (QED) is 0.738. The van der Waals surface area contributed by atoms with E-state index in [0.29, 0.717) is 12.4 Å². The maximum absolute atomic E-state index is 12.5. The minimum atomic E-state index is -0.434. The molecule has 0 spiro atoms. The van der Waals surface area contributed by atoms with Gasteiger partial charge in [0, 0.05) is 25.7 Å². The van der Waals surface area contributed by atoms with Crippen LogP contribution in [0.4, 0.5) is 0 Å². The van der Waals surface area contributed by atoms with Crippen LogP contribution in [0.2, 0.25) is 0 Å². The number of hydrogen-bond donors (Lipinski definition) is 0. The van der Waals surface area contributed by atoms with Crippen molar-refractivity contribution in [2.45, 2.75) is 51.0 Å². The Hall–Kier alpha value is -0.410. The molecule has 0 aromatic carbocycles. The Kier molecular flexibility index (Phi) is 3.98. The fraction of sp³-hybridized carbons (Fsp3) is 0.923. The van der Waals surface area contributed by atoms with Gasteiger partial charge < -0.3 is 9.47 Å². The molecule has 0 radical (unpaired) electrons. The van der Waals surface area contributed by atoms with Crippen molar-refractivity contribution in [1.29, 1.82) is 0 Å². The van der Waals surface area contributed by atoms with Crippen molar-refractivity contribution in [3.8, 4) is 0 Å². The smallest absolute Gasteiger partial charge is 0.167 e. The van der Waals surface area contributed by atoms with Crippen molar-refractivity contribution >= 4 is 5.78 Å². The van der Waals surface area contributed by atoms with E-state index in [1.54, 1.807) is 0 Å². The van der Waals surface area contributed by atoms with Gasteiger partial charge in [-0.25, -0.2) is 0 Å². The third-order valence-electron chi connectivity index (χ3n) is 3.87. The molecule has 1 heterocycles. The van der Waals surface area contributed by atoms with Crippen molar-refractivity contribution in [3.05, 3.63) is 0 Å². The molecule has 3 heteroatoms. The molecule has 3 nitrogen and oxygen atoms in total. The molecule has 16 heavy (non-hydrogen) atoms. The molecule has 1 aliphatic carbocycles. The maximum Gasteiger partial charge on any atom is 0.167 e. The predicted molar refractivity (Wildman–Crippen MR) is 61.4 cm³/mol. The lowest BCUT2D eigenvalue weighted by atomic mass is 9.83. The molecule has 0 aromatic heterocycles. The maximum atomic E-state index is 12.5. The molecule has 2 fully saturated rings. The standard InChI is InChI=1S/C13H22O3/c1-2-16-13(7-3-4-8-13)12(14)11-5-9-15-10-6-11/h11H,2-10H2,1H3. The van der Waals surface area contributed by atoms with Crippen LogP contribution in [-0.2, 0) is 14.3 Å². The van der Waals surface area contributed by atoms with Gasteiger partial charge in [0.05, 0.1) is 0 Å². The first-order chi connectivity index (χ1) is 7.78. The molecule has 1 aliphatic heterocycles. The average Bonchev–Trinajstić information content (AvgIpc) is 2.80. The molecule has 2 aliphatic rings. The second kappa shape index (κ2) is 5.28. The Morgan fingerprint density at radius 3 is 2.50 bits per heavy atom. The molecule has 0 unspecified atom stereocenters. The van der Waals surface area contributed by atoms with E-state index in [0.717, 1.165) is 51.7 Å². The summed E-state index contributed by atoms with van der Waals surface area (Å²) in [5, 5.41) is 0. The zero-order valence-corrected chi connectivity index (χ0v) is 10.2. The summed E-state index contributed by atoms with van der Waals surface area (Å²) in [5.74, 6) is 0.536. The van der Waals surface area contributed by atoms with E-state index in [9.17, 15) is 4.79 Å². The third-order valence-corrected chi connectivity index (χ3v) is 3.87. The van der Waals surface area contributed by atoms with E-state index in [1.165, 1.54) is 0 Å². The fourth-order valence-electron chi connectivity index (χ4n) is 3.02. The van der Waals surface area contributed by atoms with E-state index in [2.05, 4.69) is 0 Å². The van der Waals surface area contributed by atoms with Gasteiger partial charge in [-0.15, -0.1) is 0 Å². The Morgan fingerprint density at radius 1 is 1.31 bits per heavy atom. The summed E-state index contributed by atoms with van der Waals surface area (Å²) in [6.45, 7) is 4.10. The van der Waals surface area contributed by atoms with Gasteiger partial charge in [-0.1, -0.05) is 0 Å². The molecular weight excluding hydrogens is 204 g/mol. The van der Waals surface area contributed by atoms with Crippen molar-refractivity contribution in [2.24, 2.45) is 5.92 Å². The van der Waals surface area contributed by atoms with Gasteiger partial charge in [0.1, 0.15) is 5.60 Å². The van der Waals surface area contributed by atoms with E-state index < -0.39 is 5.60 Å². The van der Waals surface area contributed by atoms with Crippen LogP contribution in [0.1, 0.15) is 45.4 Å². The lowest BCUT2D eigenvalue weighted by molar-refractivity contribution is -0.150. The van der Waals surface area contributed by atoms with Crippen LogP contribution in [0.15, 0.2) is 0 Å². The second-order valence-corrected chi connectivity index (χ2v) is 4.89. The van der Waals surface area contributed by atoms with Gasteiger partial charge >= 0.3 is 0 Å². The Bertz CT molecular complexity index is 238. The fourth-order valence-corrected chi connectivity index (χ4v) is 3.02. The van der Waals surface area contributed by atoms with Crippen LogP contribution in [0.25, 0.3) is 0 Å². The van der Waals surface area contributed by atoms with E-state index in [1.807, 2.05) is 6.92 Å². The monoisotopic (exact) mass is 226 g/mol. The first kappa shape index (κ1) is 12.1. The van der Waals surface area contributed by atoms with E-state index >= 15 is 0 Å². The molecule has 1 saturated carbocycles. The lowest BCUT2D eigenvalue weighted by Crippen LogP contribution is -2.44. The van der Waals surface area contributed by atoms with Gasteiger partial charge in [-0.3, -0.25) is 4.79 Å². The number of carbonyl (C=O) groups is 1. The molecular formula is C13H22O3. The summed E-state index contributed by atoms with van der Waals surface area (Å²) < 4.78 is 11.1. The summed E-state index contributed by atoms with van der Waals surface area (Å²) >= 11 is 0. The Balaban J connectivity index is 2.04. The first-order valence-corrected chi connectivity index (χ1v) is 6.54. The van der Waals surface area contributed by atoms with Crippen LogP contribution in [-0.4, -0.2) is 31.2 Å². The number of Topliss-reactive ketones (excluding diaryl/α,β-unsaturated/α-hetero) is 1. The minimum absolute atomic E-state index is 0.179. The topological polar surface area (TPSA) is 35.5 Å². The number of hydrogen-bond acceptors (Lipinski definition) is 3. The van der Waals surface area contributed by atoms with E-state index in [-0.39, 0.29) is 5.92 Å². The van der Waals surface area contributed by atoms with Crippen molar-refractivity contribution < 1.29 is 14.3 Å². The van der Waals surface area contributed by atoms with Crippen LogP contribution >= 0.6 is 0 Å². The normalized spacial score (nSPS) is 25.8. The number of ether oxygens (including phenoxy) is 2. The van der Waals surface area contributed by atoms with Gasteiger partial charge in [0.25, 0.3) is 0 Å². The van der Waals surface area contributed by atoms with Gasteiger partial charge in [0.2, 0.25) is 0 Å². The third kappa shape index (κ3) is 2.30. The molecule has 2 rings (SSSR count). The summed E-state index contributed by atoms with van der Waals surface area (Å²) in [6.07, 6.45) is 5.89. The highest BCUT2D eigenvalue weighted by atomic mass is 16.5. The van der Waals surface area contributed by atoms with Crippen molar-refractivity contribution in [1.82, 2.24) is 0 Å². The zero-order chi connectivity index (χ0) is 11.4. The van der Waals surface area contributed by atoms with Crippen LogP contribution in [0.3, 0.4) is 0 Å². The molecule has 92 valence electrons. The van der Waals surface area contributed by atoms with Crippen molar-refractivity contribution in [3.63, 3.8) is 0 Å². The van der Waals surface area contributed by atoms with Gasteiger partial charge in [0.15, 0.2) is 5.78 Å². The summed E-state index contributed by atoms with van der Waals surface area (Å²) in [5.41, 5.74) is -0.434. The summed E-state index contributed by atoms with van der Waals surface area (Å²) in [6, 6.07) is 0. The highest BCUT2D eigenvalue weighted by Gasteiger charge is 2.44. The molecule has 1 saturated heterocycles. The molecule has 0 amide bonds. The largest absolute Gasteiger partial charge is 0.381 e. The molecule has 0 N–H and O–H groups in total. The minimum Gasteiger partial charge on any atom is -0.381 e. The second-order valence-electron chi connectivity index (χ2n) is 4.89. The van der Waals surface area contributed by atoms with Crippen LogP contribution < -0.4 is 0 Å². The van der Waals surface area contributed by atoms with Gasteiger partial charge in [-0.05, 0) is 45.4 Å². The molecule has 0 bridgehead atoms. The van der Waals surface area contributed by atoms with E-state index in [4.69, 9.17) is 9.47 Å². The highest BCUT2D eigenvalue weighted by molar-refractivity contribution is 5.89. The van der Waals surface area contributed by atoms with Crippen LogP contribution in [0, 0.1) is 5.92 Å². The SMILES string of the molecule is CCOC1(C(=O)C2CCOCC2)CCCC1. The Morgan fingerprint density at radius 2 is 1.94 bits per heavy atom. The number of carbonyl (C=O) groups excluding carboxylic acids is 1. The first-order valence-electron chi connectivity index (χ1n) is 6.54. The number of rotatable bonds is 4. The predicted octanol–water partition coefficient (Wildman–Crippen LogP) is 2.33. The zero-order valence-electron chi connectivity index (χ0n) is 10.2. The summed E-state index contributed by atoms with van der Waals surface area (Å²) in [4.78, 5) is 12.5. The van der Waals surface area contributed by atoms with Crippen molar-refractivity contribution in [2.75, 3.05) is 19.8 Å². The molecule has 0 atom stereocenters. The average molecular weight is 226 g/mol.